The van der Waals surface area contributed by atoms with Gasteiger partial charge in [0.25, 0.3) is 0 Å². The van der Waals surface area contributed by atoms with Gasteiger partial charge < -0.3 is 5.21 Å². The Morgan fingerprint density at radius 1 is 1.22 bits per heavy atom. The molecule has 0 aromatic heterocycles. The van der Waals surface area contributed by atoms with Gasteiger partial charge in [-0.25, -0.2) is 8.42 Å². The van der Waals surface area contributed by atoms with Crippen molar-refractivity contribution >= 4 is 15.5 Å². The van der Waals surface area contributed by atoms with E-state index in [1.165, 1.54) is 0 Å². The Kier molecular flexibility index (Phi) is 3.71. The van der Waals surface area contributed by atoms with Gasteiger partial charge >= 0.3 is 0 Å². The zero-order valence-electron chi connectivity index (χ0n) is 10.3. The van der Waals surface area contributed by atoms with Crippen molar-refractivity contribution in [3.8, 4) is 0 Å². The third-order valence-corrected chi connectivity index (χ3v) is 5.56. The normalized spacial score (nSPS) is 23.2. The average molecular weight is 267 g/mol. The molecule has 0 saturated heterocycles. The van der Waals surface area contributed by atoms with E-state index in [9.17, 15) is 8.42 Å². The molecular weight excluding hydrogens is 250 g/mol. The summed E-state index contributed by atoms with van der Waals surface area (Å²) in [7, 11) is -3.43. The van der Waals surface area contributed by atoms with Gasteiger partial charge in [0.1, 0.15) is 5.25 Å². The second-order valence-corrected chi connectivity index (χ2v) is 6.81. The monoisotopic (exact) mass is 267 g/mol. The number of benzene rings is 1. The fourth-order valence-electron chi connectivity index (χ4n) is 2.30. The quantitative estimate of drug-likeness (QED) is 0.661. The van der Waals surface area contributed by atoms with Crippen molar-refractivity contribution in [1.29, 1.82) is 0 Å². The van der Waals surface area contributed by atoms with E-state index in [1.54, 1.807) is 24.3 Å². The van der Waals surface area contributed by atoms with E-state index in [1.807, 2.05) is 6.92 Å². The average Bonchev–Trinajstić information content (AvgIpc) is 2.39. The van der Waals surface area contributed by atoms with Crippen LogP contribution in [0.2, 0.25) is 0 Å². The molecule has 0 heterocycles. The van der Waals surface area contributed by atoms with Gasteiger partial charge in [-0.3, -0.25) is 0 Å². The number of hydrogen-bond donors (Lipinski definition) is 1. The fourth-order valence-corrected chi connectivity index (χ4v) is 4.15. The van der Waals surface area contributed by atoms with Crippen molar-refractivity contribution in [2.45, 2.75) is 42.8 Å². The molecule has 1 aliphatic rings. The van der Waals surface area contributed by atoms with Gasteiger partial charge in [-0.15, -0.1) is 0 Å². The van der Waals surface area contributed by atoms with Gasteiger partial charge in [-0.1, -0.05) is 29.3 Å². The molecule has 1 atom stereocenters. The lowest BCUT2D eigenvalue weighted by atomic mass is 9.98. The summed E-state index contributed by atoms with van der Waals surface area (Å²) in [5.41, 5.74) is 1.41. The molecular formula is C13H17NO3S. The maximum Gasteiger partial charge on any atom is 0.186 e. The summed E-state index contributed by atoms with van der Waals surface area (Å²) < 4.78 is 25.0. The number of hydrogen-bond acceptors (Lipinski definition) is 4. The van der Waals surface area contributed by atoms with Crippen molar-refractivity contribution in [2.24, 2.45) is 5.16 Å². The molecule has 5 heteroatoms. The molecule has 1 saturated carbocycles. The molecule has 1 N–H and O–H groups in total. The molecule has 1 aromatic rings. The summed E-state index contributed by atoms with van der Waals surface area (Å²) in [5, 5.41) is 11.4. The van der Waals surface area contributed by atoms with E-state index in [0.29, 0.717) is 23.4 Å². The molecule has 4 nitrogen and oxygen atoms in total. The molecule has 1 aliphatic carbocycles. The lowest BCUT2D eigenvalue weighted by molar-refractivity contribution is 0.314. The first-order valence-corrected chi connectivity index (χ1v) is 7.61. The van der Waals surface area contributed by atoms with E-state index in [2.05, 4.69) is 5.16 Å². The third kappa shape index (κ3) is 2.41. The zero-order chi connectivity index (χ0) is 13.2. The largest absolute Gasteiger partial charge is 0.411 e. The highest BCUT2D eigenvalue weighted by atomic mass is 32.2. The molecule has 1 fully saturated rings. The SMILES string of the molecule is Cc1ccc(S(=O)(=O)[C@H]2CCCC/C2=N\O)cc1. The van der Waals surface area contributed by atoms with Gasteiger partial charge in [0.05, 0.1) is 10.6 Å². The van der Waals surface area contributed by atoms with E-state index < -0.39 is 15.1 Å². The minimum absolute atomic E-state index is 0.307. The number of nitrogens with zero attached hydrogens (tertiary/aromatic N) is 1. The van der Waals surface area contributed by atoms with Crippen molar-refractivity contribution < 1.29 is 13.6 Å². The van der Waals surface area contributed by atoms with Gasteiger partial charge in [0.15, 0.2) is 9.84 Å². The molecule has 98 valence electrons. The van der Waals surface area contributed by atoms with Crippen LogP contribution in [0.1, 0.15) is 31.2 Å². The van der Waals surface area contributed by atoms with Crippen LogP contribution in [0.3, 0.4) is 0 Å². The number of oxime groups is 1. The van der Waals surface area contributed by atoms with Crippen LogP contribution in [0.5, 0.6) is 0 Å². The molecule has 0 unspecified atom stereocenters. The molecule has 18 heavy (non-hydrogen) atoms. The van der Waals surface area contributed by atoms with Crippen LogP contribution >= 0.6 is 0 Å². The van der Waals surface area contributed by atoms with Crippen molar-refractivity contribution in [3.05, 3.63) is 29.8 Å². The zero-order valence-corrected chi connectivity index (χ0v) is 11.2. The van der Waals surface area contributed by atoms with E-state index in [-0.39, 0.29) is 0 Å². The highest BCUT2D eigenvalue weighted by Crippen LogP contribution is 2.27. The van der Waals surface area contributed by atoms with E-state index in [0.717, 1.165) is 18.4 Å². The Morgan fingerprint density at radius 3 is 2.50 bits per heavy atom. The predicted octanol–water partition coefficient (Wildman–Crippen LogP) is 2.54. The van der Waals surface area contributed by atoms with Gasteiger partial charge in [0.2, 0.25) is 0 Å². The van der Waals surface area contributed by atoms with Crippen LogP contribution < -0.4 is 0 Å². The maximum atomic E-state index is 12.5. The summed E-state index contributed by atoms with van der Waals surface area (Å²) in [6.07, 6.45) is 2.84. The first-order chi connectivity index (χ1) is 8.55. The topological polar surface area (TPSA) is 66.7 Å². The van der Waals surface area contributed by atoms with Crippen LogP contribution in [0.15, 0.2) is 34.3 Å². The number of aryl methyl sites for hydroxylation is 1. The van der Waals surface area contributed by atoms with Gasteiger partial charge in [-0.2, -0.15) is 0 Å². The smallest absolute Gasteiger partial charge is 0.186 e. The Hall–Kier alpha value is -1.36. The second kappa shape index (κ2) is 5.10. The van der Waals surface area contributed by atoms with Gasteiger partial charge in [0, 0.05) is 0 Å². The summed E-state index contributed by atoms with van der Waals surface area (Å²) in [4.78, 5) is 0.307. The lowest BCUT2D eigenvalue weighted by Crippen LogP contribution is -2.33. The molecule has 2 rings (SSSR count). The first kappa shape index (κ1) is 13.1. The highest BCUT2D eigenvalue weighted by molar-refractivity contribution is 7.92. The van der Waals surface area contributed by atoms with E-state index in [4.69, 9.17) is 5.21 Å². The summed E-state index contributed by atoms with van der Waals surface area (Å²) in [6.45, 7) is 1.91. The predicted molar refractivity (Wildman–Crippen MR) is 69.8 cm³/mol. The number of rotatable bonds is 2. The molecule has 0 bridgehead atoms. The van der Waals surface area contributed by atoms with Crippen LogP contribution in [0, 0.1) is 6.92 Å². The Bertz CT molecular complexity index is 546. The summed E-state index contributed by atoms with van der Waals surface area (Å²) in [6, 6.07) is 6.81. The maximum absolute atomic E-state index is 12.5. The van der Waals surface area contributed by atoms with Crippen LogP contribution in [0.4, 0.5) is 0 Å². The van der Waals surface area contributed by atoms with Gasteiger partial charge in [-0.05, 0) is 38.3 Å². The Labute approximate surface area is 107 Å². The van der Waals surface area contributed by atoms with Crippen LogP contribution in [-0.2, 0) is 9.84 Å². The minimum Gasteiger partial charge on any atom is -0.411 e. The second-order valence-electron chi connectivity index (χ2n) is 4.68. The van der Waals surface area contributed by atoms with E-state index >= 15 is 0 Å². The Balaban J connectivity index is 2.38. The lowest BCUT2D eigenvalue weighted by Gasteiger charge is -2.23. The van der Waals surface area contributed by atoms with Crippen molar-refractivity contribution in [3.63, 3.8) is 0 Å². The molecule has 0 aliphatic heterocycles. The van der Waals surface area contributed by atoms with Crippen LogP contribution in [-0.4, -0.2) is 24.6 Å². The summed E-state index contributed by atoms with van der Waals surface area (Å²) in [5.74, 6) is 0. The molecule has 0 amide bonds. The third-order valence-electron chi connectivity index (χ3n) is 3.37. The highest BCUT2D eigenvalue weighted by Gasteiger charge is 2.34. The Morgan fingerprint density at radius 2 is 1.89 bits per heavy atom. The fraction of sp³-hybridized carbons (Fsp3) is 0.462. The standard InChI is InChI=1S/C13H17NO3S/c1-10-6-8-11(9-7-10)18(16,17)13-5-3-2-4-12(13)14-15/h6-9,13,15H,2-5H2,1H3/b14-12+/t13-/m0/s1. The van der Waals surface area contributed by atoms with Crippen LogP contribution in [0.25, 0.3) is 0 Å². The number of sulfone groups is 1. The first-order valence-electron chi connectivity index (χ1n) is 6.07. The molecule has 0 radical (unpaired) electrons. The summed E-state index contributed by atoms with van der Waals surface area (Å²) >= 11 is 0. The minimum atomic E-state index is -3.43. The molecule has 0 spiro atoms. The van der Waals surface area contributed by atoms with Crippen molar-refractivity contribution in [1.82, 2.24) is 0 Å². The van der Waals surface area contributed by atoms with Crippen molar-refractivity contribution in [2.75, 3.05) is 0 Å². The molecule has 1 aromatic carbocycles.